The highest BCUT2D eigenvalue weighted by Crippen LogP contribution is 2.24. The third-order valence-corrected chi connectivity index (χ3v) is 3.49. The Labute approximate surface area is 121 Å². The van der Waals surface area contributed by atoms with Gasteiger partial charge in [-0.1, -0.05) is 19.1 Å². The second kappa shape index (κ2) is 8.25. The summed E-state index contributed by atoms with van der Waals surface area (Å²) in [4.78, 5) is 0. The second-order valence-corrected chi connectivity index (χ2v) is 5.09. The van der Waals surface area contributed by atoms with Crippen molar-refractivity contribution in [3.05, 3.63) is 29.8 Å². The van der Waals surface area contributed by atoms with Crippen LogP contribution >= 0.6 is 0 Å². The molecule has 1 heterocycles. The third-order valence-electron chi connectivity index (χ3n) is 3.49. The molecule has 1 aromatic carbocycles. The molecule has 112 valence electrons. The lowest BCUT2D eigenvalue weighted by Crippen LogP contribution is -2.27. The maximum absolute atomic E-state index is 6.19. The average molecular weight is 279 g/mol. The highest BCUT2D eigenvalue weighted by Gasteiger charge is 2.22. The van der Waals surface area contributed by atoms with Crippen LogP contribution in [0, 0.1) is 0 Å². The van der Waals surface area contributed by atoms with Crippen LogP contribution in [0.4, 0.5) is 0 Å². The Bertz CT molecular complexity index is 374. The van der Waals surface area contributed by atoms with Gasteiger partial charge >= 0.3 is 0 Å². The minimum atomic E-state index is 0.0687. The molecular formula is C16H25NO3. The van der Waals surface area contributed by atoms with E-state index in [-0.39, 0.29) is 12.2 Å². The number of ether oxygens (including phenoxy) is 3. The smallest absolute Gasteiger partial charge is 0.118 e. The standard InChI is InChI=1S/C16H25NO3/c1-3-9-17-11-16(20-15-8-10-19-12-15)13-4-6-14(18-2)7-5-13/h4-7,15-17H,3,8-12H2,1-2H3. The molecule has 1 saturated heterocycles. The first kappa shape index (κ1) is 15.3. The van der Waals surface area contributed by atoms with Gasteiger partial charge in [0.25, 0.3) is 0 Å². The van der Waals surface area contributed by atoms with Gasteiger partial charge in [0.2, 0.25) is 0 Å². The Morgan fingerprint density at radius 3 is 2.75 bits per heavy atom. The van der Waals surface area contributed by atoms with Crippen molar-refractivity contribution in [3.8, 4) is 5.75 Å². The Balaban J connectivity index is 1.98. The molecule has 0 spiro atoms. The van der Waals surface area contributed by atoms with Gasteiger partial charge in [-0.25, -0.2) is 0 Å². The van der Waals surface area contributed by atoms with Crippen molar-refractivity contribution in [1.29, 1.82) is 0 Å². The number of methoxy groups -OCH3 is 1. The van der Waals surface area contributed by atoms with Crippen LogP contribution in [0.2, 0.25) is 0 Å². The number of rotatable bonds is 8. The number of hydrogen-bond acceptors (Lipinski definition) is 4. The van der Waals surface area contributed by atoms with Crippen LogP contribution in [0.3, 0.4) is 0 Å². The third kappa shape index (κ3) is 4.47. The molecule has 2 atom stereocenters. The largest absolute Gasteiger partial charge is 0.497 e. The quantitative estimate of drug-likeness (QED) is 0.742. The zero-order chi connectivity index (χ0) is 14.2. The SMILES string of the molecule is CCCNCC(OC1CCOC1)c1ccc(OC)cc1. The molecule has 0 aromatic heterocycles. The molecule has 4 nitrogen and oxygen atoms in total. The van der Waals surface area contributed by atoms with E-state index in [0.717, 1.165) is 38.3 Å². The van der Waals surface area contributed by atoms with Gasteiger partial charge in [0.05, 0.1) is 25.9 Å². The first-order valence-corrected chi connectivity index (χ1v) is 7.41. The van der Waals surface area contributed by atoms with Crippen LogP contribution in [0.25, 0.3) is 0 Å². The van der Waals surface area contributed by atoms with Crippen molar-refractivity contribution in [2.75, 3.05) is 33.4 Å². The minimum Gasteiger partial charge on any atom is -0.497 e. The Hall–Kier alpha value is -1.10. The van der Waals surface area contributed by atoms with Gasteiger partial charge in [-0.3, -0.25) is 0 Å². The van der Waals surface area contributed by atoms with Gasteiger partial charge < -0.3 is 19.5 Å². The molecular weight excluding hydrogens is 254 g/mol. The molecule has 0 saturated carbocycles. The van der Waals surface area contributed by atoms with Crippen LogP contribution in [0.1, 0.15) is 31.4 Å². The maximum Gasteiger partial charge on any atom is 0.118 e. The van der Waals surface area contributed by atoms with Crippen LogP contribution < -0.4 is 10.1 Å². The Morgan fingerprint density at radius 1 is 1.35 bits per heavy atom. The number of benzene rings is 1. The van der Waals surface area contributed by atoms with E-state index in [1.54, 1.807) is 7.11 Å². The van der Waals surface area contributed by atoms with Crippen molar-refractivity contribution in [2.45, 2.75) is 32.0 Å². The zero-order valence-electron chi connectivity index (χ0n) is 12.4. The van der Waals surface area contributed by atoms with Gasteiger partial charge in [0.1, 0.15) is 5.75 Å². The summed E-state index contributed by atoms with van der Waals surface area (Å²) in [6.45, 7) is 5.53. The molecule has 1 aliphatic rings. The van der Waals surface area contributed by atoms with E-state index >= 15 is 0 Å². The summed E-state index contributed by atoms with van der Waals surface area (Å²) in [5, 5.41) is 3.44. The molecule has 0 radical (unpaired) electrons. The minimum absolute atomic E-state index is 0.0687. The van der Waals surface area contributed by atoms with Crippen molar-refractivity contribution < 1.29 is 14.2 Å². The fourth-order valence-electron chi connectivity index (χ4n) is 2.33. The highest BCUT2D eigenvalue weighted by molar-refractivity contribution is 5.28. The number of nitrogens with one attached hydrogen (secondary N) is 1. The summed E-state index contributed by atoms with van der Waals surface area (Å²) in [7, 11) is 1.68. The fourth-order valence-corrected chi connectivity index (χ4v) is 2.33. The molecule has 1 aliphatic heterocycles. The van der Waals surface area contributed by atoms with E-state index in [1.165, 1.54) is 5.56 Å². The summed E-state index contributed by atoms with van der Waals surface area (Å²) in [6, 6.07) is 8.12. The van der Waals surface area contributed by atoms with Gasteiger partial charge in [-0.2, -0.15) is 0 Å². The summed E-state index contributed by atoms with van der Waals surface area (Å²) in [5.41, 5.74) is 1.18. The lowest BCUT2D eigenvalue weighted by atomic mass is 10.1. The topological polar surface area (TPSA) is 39.7 Å². The lowest BCUT2D eigenvalue weighted by molar-refractivity contribution is -0.0163. The predicted molar refractivity (Wildman–Crippen MR) is 79.2 cm³/mol. The van der Waals surface area contributed by atoms with Gasteiger partial charge in [0.15, 0.2) is 0 Å². The van der Waals surface area contributed by atoms with E-state index in [0.29, 0.717) is 6.61 Å². The zero-order valence-corrected chi connectivity index (χ0v) is 12.4. The Kier molecular flexibility index (Phi) is 6.30. The summed E-state index contributed by atoms with van der Waals surface area (Å²) in [6.07, 6.45) is 2.40. The van der Waals surface area contributed by atoms with Gasteiger partial charge in [-0.05, 0) is 37.1 Å². The molecule has 2 unspecified atom stereocenters. The maximum atomic E-state index is 6.19. The molecule has 0 aliphatic carbocycles. The summed E-state index contributed by atoms with van der Waals surface area (Å²) >= 11 is 0. The Morgan fingerprint density at radius 2 is 2.15 bits per heavy atom. The lowest BCUT2D eigenvalue weighted by Gasteiger charge is -2.22. The van der Waals surface area contributed by atoms with Crippen molar-refractivity contribution in [2.24, 2.45) is 0 Å². The summed E-state index contributed by atoms with van der Waals surface area (Å²) < 4.78 is 16.8. The highest BCUT2D eigenvalue weighted by atomic mass is 16.6. The molecule has 1 aromatic rings. The van der Waals surface area contributed by atoms with Crippen LogP contribution in [-0.4, -0.2) is 39.5 Å². The number of hydrogen-bond donors (Lipinski definition) is 1. The van der Waals surface area contributed by atoms with Crippen molar-refractivity contribution in [1.82, 2.24) is 5.32 Å². The van der Waals surface area contributed by atoms with Crippen molar-refractivity contribution >= 4 is 0 Å². The van der Waals surface area contributed by atoms with Gasteiger partial charge in [0, 0.05) is 13.2 Å². The van der Waals surface area contributed by atoms with Crippen LogP contribution in [0.5, 0.6) is 5.75 Å². The molecule has 2 rings (SSSR count). The average Bonchev–Trinajstić information content (AvgIpc) is 3.00. The fraction of sp³-hybridized carbons (Fsp3) is 0.625. The van der Waals surface area contributed by atoms with Gasteiger partial charge in [-0.15, -0.1) is 0 Å². The van der Waals surface area contributed by atoms with E-state index in [9.17, 15) is 0 Å². The van der Waals surface area contributed by atoms with Crippen LogP contribution in [-0.2, 0) is 9.47 Å². The first-order chi connectivity index (χ1) is 9.83. The molecule has 0 amide bonds. The molecule has 20 heavy (non-hydrogen) atoms. The van der Waals surface area contributed by atoms with E-state index in [4.69, 9.17) is 14.2 Å². The van der Waals surface area contributed by atoms with E-state index in [1.807, 2.05) is 12.1 Å². The van der Waals surface area contributed by atoms with Crippen molar-refractivity contribution in [3.63, 3.8) is 0 Å². The molecule has 1 fully saturated rings. The van der Waals surface area contributed by atoms with E-state index in [2.05, 4.69) is 24.4 Å². The normalized spacial score (nSPS) is 20.0. The van der Waals surface area contributed by atoms with Crippen LogP contribution in [0.15, 0.2) is 24.3 Å². The second-order valence-electron chi connectivity index (χ2n) is 5.09. The monoisotopic (exact) mass is 279 g/mol. The van der Waals surface area contributed by atoms with E-state index < -0.39 is 0 Å². The predicted octanol–water partition coefficient (Wildman–Crippen LogP) is 2.54. The molecule has 0 bridgehead atoms. The summed E-state index contributed by atoms with van der Waals surface area (Å²) in [5.74, 6) is 0.873. The first-order valence-electron chi connectivity index (χ1n) is 7.41. The molecule has 1 N–H and O–H groups in total. The molecule has 4 heteroatoms.